The average Bonchev–Trinajstić information content (AvgIpc) is 2.82. The summed E-state index contributed by atoms with van der Waals surface area (Å²) in [7, 11) is 0. The van der Waals surface area contributed by atoms with E-state index in [-0.39, 0.29) is 18.7 Å². The second-order valence-corrected chi connectivity index (χ2v) is 9.85. The van der Waals surface area contributed by atoms with E-state index in [0.717, 1.165) is 19.3 Å². The highest BCUT2D eigenvalue weighted by atomic mass is 16.4. The first kappa shape index (κ1) is 33.1. The molecule has 6 heteroatoms. The smallest absolute Gasteiger partial charge is 0.326 e. The molecule has 0 rings (SSSR count). The van der Waals surface area contributed by atoms with E-state index >= 15 is 0 Å². The highest BCUT2D eigenvalue weighted by molar-refractivity contribution is 5.83. The number of unbranched alkanes of at least 4 members (excludes halogenated alkanes) is 17. The second kappa shape index (κ2) is 25.2. The molecule has 0 fully saturated rings. The lowest BCUT2D eigenvalue weighted by molar-refractivity contribution is -0.143. The van der Waals surface area contributed by atoms with Gasteiger partial charge in [-0.1, -0.05) is 109 Å². The van der Waals surface area contributed by atoms with Gasteiger partial charge in [0.25, 0.3) is 0 Å². The third-order valence-corrected chi connectivity index (χ3v) is 6.45. The van der Waals surface area contributed by atoms with Crippen LogP contribution in [0.4, 0.5) is 0 Å². The van der Waals surface area contributed by atoms with E-state index in [1.165, 1.54) is 103 Å². The summed E-state index contributed by atoms with van der Waals surface area (Å²) < 4.78 is 0. The van der Waals surface area contributed by atoms with Gasteiger partial charge in [0, 0.05) is 12.8 Å². The summed E-state index contributed by atoms with van der Waals surface area (Å²) in [5.74, 6) is -2.56. The number of carbonyl (C=O) groups excluding carboxylic acids is 1. The van der Waals surface area contributed by atoms with Crippen LogP contribution in [0.5, 0.6) is 0 Å². The molecular weight excluding hydrogens is 442 g/mol. The zero-order chi connectivity index (χ0) is 26.0. The minimum Gasteiger partial charge on any atom is -0.481 e. The summed E-state index contributed by atoms with van der Waals surface area (Å²) in [5.41, 5.74) is 0. The third kappa shape index (κ3) is 25.1. The number of hydrogen-bond acceptors (Lipinski definition) is 3. The summed E-state index contributed by atoms with van der Waals surface area (Å²) >= 11 is 0. The average molecular weight is 496 g/mol. The second-order valence-electron chi connectivity index (χ2n) is 9.85. The van der Waals surface area contributed by atoms with Crippen LogP contribution in [0.15, 0.2) is 12.2 Å². The Hall–Kier alpha value is -1.85. The highest BCUT2D eigenvalue weighted by Gasteiger charge is 2.20. The molecule has 0 aliphatic carbocycles. The molecule has 0 bridgehead atoms. The number of carbonyl (C=O) groups is 3. The van der Waals surface area contributed by atoms with E-state index in [1.54, 1.807) is 0 Å². The molecular formula is C29H53NO5. The summed E-state index contributed by atoms with van der Waals surface area (Å²) in [6, 6.07) is -1.12. The van der Waals surface area contributed by atoms with E-state index in [0.29, 0.717) is 6.42 Å². The molecule has 204 valence electrons. The van der Waals surface area contributed by atoms with Crippen LogP contribution < -0.4 is 5.32 Å². The van der Waals surface area contributed by atoms with Crippen LogP contribution in [0.25, 0.3) is 0 Å². The van der Waals surface area contributed by atoms with E-state index in [2.05, 4.69) is 24.4 Å². The van der Waals surface area contributed by atoms with Crippen LogP contribution >= 0.6 is 0 Å². The van der Waals surface area contributed by atoms with Gasteiger partial charge in [-0.2, -0.15) is 0 Å². The standard InChI is InChI=1S/C29H53NO5/c1-2-3-4-5-6-7-8-9-10-11-12-13-14-15-16-17-18-19-20-21-22-23-27(31)30-26(29(34)35)24-25-28(32)33/h9-10,26H,2-8,11-25H2,1H3,(H,30,31)(H,32,33)(H,34,35)/b10-9+. The molecule has 0 radical (unpaired) electrons. The monoisotopic (exact) mass is 495 g/mol. The fourth-order valence-electron chi connectivity index (χ4n) is 4.21. The van der Waals surface area contributed by atoms with Gasteiger partial charge in [-0.25, -0.2) is 4.79 Å². The van der Waals surface area contributed by atoms with E-state index < -0.39 is 18.0 Å². The molecule has 0 spiro atoms. The zero-order valence-electron chi connectivity index (χ0n) is 22.4. The maximum Gasteiger partial charge on any atom is 0.326 e. The van der Waals surface area contributed by atoms with Gasteiger partial charge in [0.2, 0.25) is 5.91 Å². The Kier molecular flexibility index (Phi) is 23.9. The maximum absolute atomic E-state index is 11.9. The van der Waals surface area contributed by atoms with Crippen molar-refractivity contribution < 1.29 is 24.6 Å². The van der Waals surface area contributed by atoms with Gasteiger partial charge >= 0.3 is 11.9 Å². The Balaban J connectivity index is 3.39. The minimum absolute atomic E-state index is 0.0905. The number of aliphatic carboxylic acids is 2. The first-order chi connectivity index (χ1) is 17.0. The fraction of sp³-hybridized carbons (Fsp3) is 0.828. The first-order valence-corrected chi connectivity index (χ1v) is 14.4. The topological polar surface area (TPSA) is 104 Å². The maximum atomic E-state index is 11.9. The number of amides is 1. The van der Waals surface area contributed by atoms with Crippen LogP contribution in [0.2, 0.25) is 0 Å². The van der Waals surface area contributed by atoms with Crippen molar-refractivity contribution in [2.45, 2.75) is 154 Å². The summed E-state index contributed by atoms with van der Waals surface area (Å²) in [5, 5.41) is 20.2. The van der Waals surface area contributed by atoms with Crippen molar-refractivity contribution in [1.82, 2.24) is 5.32 Å². The molecule has 3 N–H and O–H groups in total. The van der Waals surface area contributed by atoms with Crippen molar-refractivity contribution in [3.8, 4) is 0 Å². The van der Waals surface area contributed by atoms with Crippen LogP contribution in [0.3, 0.4) is 0 Å². The van der Waals surface area contributed by atoms with E-state index in [1.807, 2.05) is 0 Å². The lowest BCUT2D eigenvalue weighted by Gasteiger charge is -2.13. The number of carboxylic acids is 2. The normalized spacial score (nSPS) is 12.1. The molecule has 35 heavy (non-hydrogen) atoms. The quantitative estimate of drug-likeness (QED) is 0.0839. The third-order valence-electron chi connectivity index (χ3n) is 6.45. The molecule has 0 heterocycles. The van der Waals surface area contributed by atoms with Gasteiger partial charge in [0.15, 0.2) is 0 Å². The van der Waals surface area contributed by atoms with E-state index in [9.17, 15) is 14.4 Å². The Labute approximate surface area is 214 Å². The zero-order valence-corrected chi connectivity index (χ0v) is 22.4. The molecule has 0 aliphatic heterocycles. The number of carboxylic acid groups (broad SMARTS) is 2. The molecule has 0 aromatic heterocycles. The number of allylic oxidation sites excluding steroid dienone is 2. The van der Waals surface area contributed by atoms with Crippen molar-refractivity contribution in [3.63, 3.8) is 0 Å². The highest BCUT2D eigenvalue weighted by Crippen LogP contribution is 2.13. The molecule has 1 unspecified atom stereocenters. The van der Waals surface area contributed by atoms with Gasteiger partial charge in [0.05, 0.1) is 0 Å². The van der Waals surface area contributed by atoms with Gasteiger partial charge in [-0.05, 0) is 38.5 Å². The minimum atomic E-state index is -1.18. The van der Waals surface area contributed by atoms with Crippen molar-refractivity contribution in [2.24, 2.45) is 0 Å². The molecule has 1 atom stereocenters. The molecule has 0 saturated heterocycles. The molecule has 0 aliphatic rings. The lowest BCUT2D eigenvalue weighted by Crippen LogP contribution is -2.41. The molecule has 6 nitrogen and oxygen atoms in total. The van der Waals surface area contributed by atoms with Crippen molar-refractivity contribution in [3.05, 3.63) is 12.2 Å². The van der Waals surface area contributed by atoms with Crippen LogP contribution in [0.1, 0.15) is 148 Å². The van der Waals surface area contributed by atoms with Crippen LogP contribution in [-0.2, 0) is 14.4 Å². The number of nitrogens with one attached hydrogen (secondary N) is 1. The Morgan fingerprint density at radius 1 is 0.629 bits per heavy atom. The van der Waals surface area contributed by atoms with Gasteiger partial charge in [-0.15, -0.1) is 0 Å². The molecule has 0 aromatic rings. The van der Waals surface area contributed by atoms with Crippen molar-refractivity contribution in [1.29, 1.82) is 0 Å². The Morgan fingerprint density at radius 3 is 1.49 bits per heavy atom. The first-order valence-electron chi connectivity index (χ1n) is 14.4. The number of hydrogen-bond donors (Lipinski definition) is 3. The van der Waals surface area contributed by atoms with Gasteiger partial charge in [-0.3, -0.25) is 9.59 Å². The molecule has 0 aromatic carbocycles. The largest absolute Gasteiger partial charge is 0.481 e. The fourth-order valence-corrected chi connectivity index (χ4v) is 4.21. The van der Waals surface area contributed by atoms with Crippen LogP contribution in [0, 0.1) is 0 Å². The van der Waals surface area contributed by atoms with Gasteiger partial charge in [0.1, 0.15) is 6.04 Å². The number of rotatable bonds is 26. The van der Waals surface area contributed by atoms with Crippen LogP contribution in [-0.4, -0.2) is 34.1 Å². The Morgan fingerprint density at radius 2 is 1.06 bits per heavy atom. The van der Waals surface area contributed by atoms with Crippen molar-refractivity contribution >= 4 is 17.8 Å². The lowest BCUT2D eigenvalue weighted by atomic mass is 10.0. The predicted octanol–water partition coefficient (Wildman–Crippen LogP) is 7.80. The predicted molar refractivity (Wildman–Crippen MR) is 144 cm³/mol. The van der Waals surface area contributed by atoms with E-state index in [4.69, 9.17) is 10.2 Å². The Bertz CT molecular complexity index is 561. The molecule has 1 amide bonds. The van der Waals surface area contributed by atoms with Gasteiger partial charge < -0.3 is 15.5 Å². The molecule has 0 saturated carbocycles. The summed E-state index contributed by atoms with van der Waals surface area (Å²) in [6.45, 7) is 2.26. The van der Waals surface area contributed by atoms with Crippen molar-refractivity contribution in [2.75, 3.05) is 0 Å². The SMILES string of the molecule is CCCCCCCC/C=C/CCCCCCCCCCCCCC(=O)NC(CCC(=O)O)C(=O)O. The summed E-state index contributed by atoms with van der Waals surface area (Å²) in [6.07, 6.45) is 28.5. The summed E-state index contributed by atoms with van der Waals surface area (Å²) in [4.78, 5) is 33.6.